The van der Waals surface area contributed by atoms with E-state index in [1.54, 1.807) is 24.3 Å². The fourth-order valence-electron chi connectivity index (χ4n) is 2.52. The Morgan fingerprint density at radius 3 is 2.44 bits per heavy atom. The van der Waals surface area contributed by atoms with Gasteiger partial charge >= 0.3 is 0 Å². The van der Waals surface area contributed by atoms with Crippen LogP contribution in [0.5, 0.6) is 0 Å². The van der Waals surface area contributed by atoms with Crippen molar-refractivity contribution in [1.29, 1.82) is 0 Å². The summed E-state index contributed by atoms with van der Waals surface area (Å²) in [4.78, 5) is 2.38. The van der Waals surface area contributed by atoms with Crippen LogP contribution in [0, 0.1) is 5.92 Å². The van der Waals surface area contributed by atoms with Crippen LogP contribution in [0.25, 0.3) is 0 Å². The number of nitrogens with two attached hydrogens (primary N) is 2. The molecule has 0 aromatic heterocycles. The Kier molecular flexibility index (Phi) is 3.61. The molecule has 5 nitrogen and oxygen atoms in total. The van der Waals surface area contributed by atoms with Gasteiger partial charge in [-0.3, -0.25) is 0 Å². The van der Waals surface area contributed by atoms with Gasteiger partial charge in [0, 0.05) is 24.8 Å². The molecule has 0 amide bonds. The van der Waals surface area contributed by atoms with Gasteiger partial charge in [0.1, 0.15) is 0 Å². The second-order valence-electron chi connectivity index (χ2n) is 4.80. The second-order valence-corrected chi connectivity index (χ2v) is 6.36. The van der Waals surface area contributed by atoms with Crippen molar-refractivity contribution in [3.8, 4) is 0 Å². The van der Waals surface area contributed by atoms with Crippen LogP contribution in [0.15, 0.2) is 29.2 Å². The maximum absolute atomic E-state index is 11.2. The van der Waals surface area contributed by atoms with Gasteiger partial charge in [0.25, 0.3) is 0 Å². The first-order valence-corrected chi connectivity index (χ1v) is 7.57. The van der Waals surface area contributed by atoms with Gasteiger partial charge in [-0.05, 0) is 36.6 Å². The van der Waals surface area contributed by atoms with Crippen molar-refractivity contribution in [1.82, 2.24) is 0 Å². The molecule has 0 bridgehead atoms. The molecule has 0 radical (unpaired) electrons. The smallest absolute Gasteiger partial charge is 0.238 e. The lowest BCUT2D eigenvalue weighted by Crippen LogP contribution is -2.38. The molecule has 1 aliphatic heterocycles. The zero-order valence-corrected chi connectivity index (χ0v) is 11.2. The third-order valence-electron chi connectivity index (χ3n) is 3.62. The summed E-state index contributed by atoms with van der Waals surface area (Å²) in [5, 5.41) is 5.07. The number of nitrogens with zero attached hydrogens (tertiary/aromatic N) is 1. The first-order valence-electron chi connectivity index (χ1n) is 6.03. The molecule has 1 aliphatic rings. The normalized spacial score (nSPS) is 24.5. The van der Waals surface area contributed by atoms with Gasteiger partial charge in [-0.15, -0.1) is 0 Å². The van der Waals surface area contributed by atoms with Gasteiger partial charge in [-0.2, -0.15) is 0 Å². The molecule has 2 unspecified atom stereocenters. The van der Waals surface area contributed by atoms with E-state index < -0.39 is 10.0 Å². The number of anilines is 1. The van der Waals surface area contributed by atoms with E-state index in [4.69, 9.17) is 10.9 Å². The van der Waals surface area contributed by atoms with Crippen molar-refractivity contribution in [3.63, 3.8) is 0 Å². The molecule has 0 aliphatic carbocycles. The third kappa shape index (κ3) is 2.50. The van der Waals surface area contributed by atoms with Crippen molar-refractivity contribution in [2.24, 2.45) is 16.8 Å². The average molecular weight is 269 g/mol. The molecule has 1 fully saturated rings. The summed E-state index contributed by atoms with van der Waals surface area (Å²) in [7, 11) is -3.62. The van der Waals surface area contributed by atoms with Crippen LogP contribution < -0.4 is 15.8 Å². The van der Waals surface area contributed by atoms with Crippen LogP contribution in [-0.4, -0.2) is 27.5 Å². The molecular weight excluding hydrogens is 250 g/mol. The lowest BCUT2D eigenvalue weighted by atomic mass is 10.0. The van der Waals surface area contributed by atoms with Crippen molar-refractivity contribution < 1.29 is 8.42 Å². The number of primary sulfonamides is 1. The summed E-state index contributed by atoms with van der Waals surface area (Å²) in [6, 6.07) is 6.99. The minimum atomic E-state index is -3.62. The number of sulfonamides is 1. The van der Waals surface area contributed by atoms with Gasteiger partial charge in [0.2, 0.25) is 10.0 Å². The quantitative estimate of drug-likeness (QED) is 0.836. The molecule has 0 saturated carbocycles. The van der Waals surface area contributed by atoms with Crippen molar-refractivity contribution in [2.75, 3.05) is 18.0 Å². The van der Waals surface area contributed by atoms with Crippen LogP contribution in [0.3, 0.4) is 0 Å². The molecule has 18 heavy (non-hydrogen) atoms. The van der Waals surface area contributed by atoms with Crippen molar-refractivity contribution in [3.05, 3.63) is 24.3 Å². The van der Waals surface area contributed by atoms with E-state index in [0.717, 1.165) is 18.7 Å². The predicted octanol–water partition coefficient (Wildman–Crippen LogP) is 0.507. The van der Waals surface area contributed by atoms with Crippen LogP contribution in [-0.2, 0) is 10.0 Å². The molecule has 1 aromatic carbocycles. The van der Waals surface area contributed by atoms with Crippen LogP contribution in [0.4, 0.5) is 5.69 Å². The Balaban J connectivity index is 2.25. The highest BCUT2D eigenvalue weighted by Crippen LogP contribution is 2.29. The van der Waals surface area contributed by atoms with Gasteiger partial charge in [0.05, 0.1) is 4.90 Å². The average Bonchev–Trinajstić information content (AvgIpc) is 2.69. The molecule has 1 aromatic rings. The molecule has 1 heterocycles. The second kappa shape index (κ2) is 4.87. The first kappa shape index (κ1) is 13.3. The van der Waals surface area contributed by atoms with E-state index in [0.29, 0.717) is 18.5 Å². The summed E-state index contributed by atoms with van der Waals surface area (Å²) in [5.74, 6) is 0.563. The summed E-state index contributed by atoms with van der Waals surface area (Å²) in [6.45, 7) is 3.76. The van der Waals surface area contributed by atoms with Crippen molar-refractivity contribution in [2.45, 2.75) is 24.3 Å². The molecule has 2 rings (SSSR count). The van der Waals surface area contributed by atoms with E-state index in [-0.39, 0.29) is 4.90 Å². The van der Waals surface area contributed by atoms with Crippen LogP contribution in [0.2, 0.25) is 0 Å². The zero-order valence-electron chi connectivity index (χ0n) is 10.4. The summed E-state index contributed by atoms with van der Waals surface area (Å²) in [5.41, 5.74) is 6.80. The van der Waals surface area contributed by atoms with Crippen LogP contribution >= 0.6 is 0 Å². The van der Waals surface area contributed by atoms with E-state index in [1.165, 1.54) is 0 Å². The highest BCUT2D eigenvalue weighted by molar-refractivity contribution is 7.89. The van der Waals surface area contributed by atoms with Crippen LogP contribution in [0.1, 0.15) is 13.3 Å². The highest BCUT2D eigenvalue weighted by atomic mass is 32.2. The van der Waals surface area contributed by atoms with Gasteiger partial charge < -0.3 is 10.6 Å². The number of benzene rings is 1. The summed E-state index contributed by atoms with van der Waals surface area (Å²) >= 11 is 0. The first-order chi connectivity index (χ1) is 8.43. The molecular formula is C12H19N3O2S. The van der Waals surface area contributed by atoms with E-state index in [1.807, 2.05) is 0 Å². The molecule has 6 heteroatoms. The van der Waals surface area contributed by atoms with E-state index in [9.17, 15) is 8.42 Å². The Morgan fingerprint density at radius 1 is 1.33 bits per heavy atom. The SMILES string of the molecule is CC1CCN(c2ccc(S(N)(=O)=O)cc2)C1CN. The molecule has 100 valence electrons. The molecule has 0 spiro atoms. The zero-order chi connectivity index (χ0) is 13.3. The maximum Gasteiger partial charge on any atom is 0.238 e. The minimum absolute atomic E-state index is 0.141. The topological polar surface area (TPSA) is 89.4 Å². The van der Waals surface area contributed by atoms with Gasteiger partial charge in [0.15, 0.2) is 0 Å². The fourth-order valence-corrected chi connectivity index (χ4v) is 3.03. The van der Waals surface area contributed by atoms with E-state index >= 15 is 0 Å². The highest BCUT2D eigenvalue weighted by Gasteiger charge is 2.30. The van der Waals surface area contributed by atoms with Gasteiger partial charge in [-0.1, -0.05) is 6.92 Å². The monoisotopic (exact) mass is 269 g/mol. The summed E-state index contributed by atoms with van der Waals surface area (Å²) < 4.78 is 22.4. The number of hydrogen-bond acceptors (Lipinski definition) is 4. The fraction of sp³-hybridized carbons (Fsp3) is 0.500. The number of hydrogen-bond donors (Lipinski definition) is 2. The van der Waals surface area contributed by atoms with Gasteiger partial charge in [-0.25, -0.2) is 13.6 Å². The Labute approximate surface area is 108 Å². The standard InChI is InChI=1S/C12H19N3O2S/c1-9-6-7-15(12(9)8-13)10-2-4-11(5-3-10)18(14,16)17/h2-5,9,12H,6-8,13H2,1H3,(H2,14,16,17). The Bertz CT molecular complexity index is 513. The molecule has 4 N–H and O–H groups in total. The predicted molar refractivity (Wildman–Crippen MR) is 71.8 cm³/mol. The molecule has 1 saturated heterocycles. The van der Waals surface area contributed by atoms with E-state index in [2.05, 4.69) is 11.8 Å². The molecule has 2 atom stereocenters. The maximum atomic E-state index is 11.2. The Hall–Kier alpha value is -1.11. The minimum Gasteiger partial charge on any atom is -0.367 e. The Morgan fingerprint density at radius 2 is 1.94 bits per heavy atom. The number of rotatable bonds is 3. The lowest BCUT2D eigenvalue weighted by Gasteiger charge is -2.27. The van der Waals surface area contributed by atoms with Crippen molar-refractivity contribution >= 4 is 15.7 Å². The largest absolute Gasteiger partial charge is 0.367 e. The lowest BCUT2D eigenvalue weighted by molar-refractivity contribution is 0.519. The summed E-state index contributed by atoms with van der Waals surface area (Å²) in [6.07, 6.45) is 1.11. The third-order valence-corrected chi connectivity index (χ3v) is 4.55.